The van der Waals surface area contributed by atoms with Gasteiger partial charge < -0.3 is 25.5 Å². The van der Waals surface area contributed by atoms with E-state index in [1.165, 1.54) is 173 Å². The van der Waals surface area contributed by atoms with Crippen molar-refractivity contribution < 1.29 is 130 Å². The van der Waals surface area contributed by atoms with Gasteiger partial charge in [0, 0.05) is 58.9 Å². The van der Waals surface area contributed by atoms with Gasteiger partial charge in [0.1, 0.15) is 28.7 Å². The van der Waals surface area contributed by atoms with Gasteiger partial charge in [0.2, 0.25) is 0 Å². The van der Waals surface area contributed by atoms with Crippen LogP contribution in [-0.2, 0) is 104 Å². The van der Waals surface area contributed by atoms with Crippen LogP contribution in [-0.4, -0.2) is 86.8 Å². The Labute approximate surface area is 733 Å². The van der Waals surface area contributed by atoms with Crippen LogP contribution in [0.25, 0.3) is 0 Å². The average Bonchev–Trinajstić information content (AvgIpc) is 1.79. The first-order valence-corrected chi connectivity index (χ1v) is 69.9. The summed E-state index contributed by atoms with van der Waals surface area (Å²) in [5.41, 5.74) is 8.89. The monoisotopic (exact) mass is 2040 g/mol. The number of nitrogens with zero attached hydrogens (tertiary/aromatic N) is 5. The first-order chi connectivity index (χ1) is 51.8. The first kappa shape index (κ1) is 96.6. The van der Waals surface area contributed by atoms with Crippen LogP contribution in [0.5, 0.6) is 28.7 Å². The Morgan fingerprint density at radius 2 is 0.505 bits per heavy atom. The van der Waals surface area contributed by atoms with E-state index in [2.05, 4.69) is 9.98 Å². The van der Waals surface area contributed by atoms with E-state index < -0.39 is 104 Å². The molecule has 15 rings (SSSR count). The fourth-order valence-corrected chi connectivity index (χ4v) is 17.6. The zero-order chi connectivity index (χ0) is 77.6. The van der Waals surface area contributed by atoms with Gasteiger partial charge >= 0.3 is 189 Å². The van der Waals surface area contributed by atoms with Crippen molar-refractivity contribution in [3.05, 3.63) is 147 Å². The predicted octanol–water partition coefficient (Wildman–Crippen LogP) is 26.2. The van der Waals surface area contributed by atoms with Gasteiger partial charge in [0.05, 0.1) is 30.2 Å². The number of aromatic hydroxyl groups is 5. The molecular formula is C82H109Cl10N5O5Zr5. The van der Waals surface area contributed by atoms with Crippen molar-refractivity contribution in [1.82, 2.24) is 0 Å². The molecule has 0 aromatic heterocycles. The summed E-state index contributed by atoms with van der Waals surface area (Å²) in [6.45, 7) is 9.63. The molecule has 5 aromatic rings. The summed E-state index contributed by atoms with van der Waals surface area (Å²) < 4.78 is 0. The molecule has 10 saturated carbocycles. The normalized spacial score (nSPS) is 27.2. The number of para-hydroxylation sites is 5. The quantitative estimate of drug-likeness (QED) is 0.0878. The zero-order valence-corrected chi connectivity index (χ0v) is 82.4. The van der Waals surface area contributed by atoms with E-state index in [1.54, 1.807) is 0 Å². The number of rotatable bonds is 10. The molecule has 0 radical (unpaired) electrons. The maximum absolute atomic E-state index is 10.1. The molecule has 5 N–H and O–H groups in total. The summed E-state index contributed by atoms with van der Waals surface area (Å²) in [6, 6.07) is 31.6. The van der Waals surface area contributed by atoms with Gasteiger partial charge in [0.15, 0.2) is 0 Å². The number of fused-ring (bicyclic) bond motifs is 5. The fourth-order valence-electron chi connectivity index (χ4n) is 17.6. The minimum absolute atomic E-state index is 0.372. The van der Waals surface area contributed by atoms with Crippen LogP contribution in [0.4, 0.5) is 0 Å². The molecule has 5 aromatic carbocycles. The Bertz CT molecular complexity index is 3540. The second-order valence-electron chi connectivity index (χ2n) is 30.2. The molecular weight excluding hydrogens is 1950 g/mol. The van der Waals surface area contributed by atoms with E-state index in [1.807, 2.05) is 157 Å². The van der Waals surface area contributed by atoms with Gasteiger partial charge in [-0.25, -0.2) is 0 Å². The molecule has 15 atom stereocenters. The summed E-state index contributed by atoms with van der Waals surface area (Å²) in [6.07, 6.45) is 45.7. The standard InChI is InChI=1S/C18H25NO.C17H23NO.2C16H21NO.C15H19NO.10ClH.5Zr/c1-13-6-4-9-15(18(13)20)12-19-17-11-5-8-14-7-2-3-10-16(14)17;1-12-5-2-8-14(17(12)19)11-18-16-10-4-7-13-6-3-9-15(13)16;1-11-4-2-6-13(16(11)18)10-17-15-7-3-5-12-8-9-14(12)15;1-11-3-2-4-14(16(11)18)10-17-15-8-7-12-5-6-13(12)9-15;1-10-3-2-4-12(15(10)17)9-16-14-6-5-11-7-13(11)8-14;;;;;;;;;;;;;;;/h4,6,9,12,14,16-17,20H,2-3,5,7-8,10-11H2,1H3;2,5,8,11,13,15-16,19H,3-4,6-7,9-10H2,1H3;2,4,6,10,12,14-15,18H,3,5,7-9H2,1H3;2-4,10,12-13,15,18H,5-9H2,1H3;2-4,9,11,13-14,17H,5-8H2,1H3;10*1H;;;;;/q;;;;;;;;;;;;;;;5*+2/p-10. The average molecular weight is 2060 g/mol. The number of hydrogen-bond donors (Lipinski definition) is 5. The third-order valence-electron chi connectivity index (χ3n) is 23.8. The van der Waals surface area contributed by atoms with Gasteiger partial charge in [-0.05, 0) is 255 Å². The molecule has 10 aliphatic rings. The van der Waals surface area contributed by atoms with Crippen molar-refractivity contribution in [3.8, 4) is 28.7 Å². The summed E-state index contributed by atoms with van der Waals surface area (Å²) >= 11 is -4.13. The van der Waals surface area contributed by atoms with Crippen molar-refractivity contribution >= 4 is 116 Å². The summed E-state index contributed by atoms with van der Waals surface area (Å²) in [7, 11) is 49.3. The maximum atomic E-state index is 10.1. The van der Waals surface area contributed by atoms with Gasteiger partial charge in [-0.2, -0.15) is 0 Å². The molecule has 107 heavy (non-hydrogen) atoms. The molecule has 0 aliphatic heterocycles. The molecule has 15 unspecified atom stereocenters. The number of halogens is 10. The van der Waals surface area contributed by atoms with Crippen molar-refractivity contribution in [2.24, 2.45) is 84.1 Å². The van der Waals surface area contributed by atoms with Crippen LogP contribution >= 0.6 is 85.1 Å². The topological polar surface area (TPSA) is 163 Å². The van der Waals surface area contributed by atoms with Gasteiger partial charge in [-0.1, -0.05) is 131 Å². The number of hydrogen-bond acceptors (Lipinski definition) is 10. The van der Waals surface area contributed by atoms with Crippen LogP contribution in [0.2, 0.25) is 0 Å². The third kappa shape index (κ3) is 32.9. The van der Waals surface area contributed by atoms with Gasteiger partial charge in [0.25, 0.3) is 0 Å². The van der Waals surface area contributed by atoms with Crippen LogP contribution in [0.3, 0.4) is 0 Å². The third-order valence-corrected chi connectivity index (χ3v) is 23.8. The van der Waals surface area contributed by atoms with E-state index in [-0.39, 0.29) is 0 Å². The van der Waals surface area contributed by atoms with Crippen LogP contribution in [0.15, 0.2) is 116 Å². The van der Waals surface area contributed by atoms with E-state index >= 15 is 0 Å². The number of benzene rings is 5. The van der Waals surface area contributed by atoms with E-state index in [0.717, 1.165) is 115 Å². The molecule has 10 nitrogen and oxygen atoms in total. The molecule has 0 saturated heterocycles. The molecule has 0 spiro atoms. The Hall–Kier alpha value is 0.766. The Morgan fingerprint density at radius 1 is 0.262 bits per heavy atom. The molecule has 25 heteroatoms. The minimum atomic E-state index is -0.826. The second kappa shape index (κ2) is 54.7. The number of aryl methyl sites for hydroxylation is 5. The van der Waals surface area contributed by atoms with E-state index in [4.69, 9.17) is 100 Å². The Balaban J connectivity index is 0.000000200. The first-order valence-electron chi connectivity index (χ1n) is 38.2. The summed E-state index contributed by atoms with van der Waals surface area (Å²) in [5.74, 6) is 11.0. The molecule has 0 amide bonds. The van der Waals surface area contributed by atoms with Crippen molar-refractivity contribution in [2.75, 3.05) is 0 Å². The fraction of sp³-hybridized carbons (Fsp3) is 0.573. The number of aliphatic imine (C=N–C) groups is 5. The number of phenols is 5. The van der Waals surface area contributed by atoms with Crippen LogP contribution < -0.4 is 0 Å². The molecule has 0 heterocycles. The Morgan fingerprint density at radius 3 is 0.813 bits per heavy atom. The van der Waals surface area contributed by atoms with Crippen molar-refractivity contribution in [3.63, 3.8) is 0 Å². The van der Waals surface area contributed by atoms with Gasteiger partial charge in [-0.15, -0.1) is 0 Å². The second-order valence-corrected chi connectivity index (χ2v) is 48.8. The summed E-state index contributed by atoms with van der Waals surface area (Å²) in [4.78, 5) is 23.8. The predicted molar refractivity (Wildman–Crippen MR) is 439 cm³/mol. The van der Waals surface area contributed by atoms with E-state index in [0.29, 0.717) is 59.0 Å². The van der Waals surface area contributed by atoms with Gasteiger partial charge in [-0.3, -0.25) is 25.0 Å². The van der Waals surface area contributed by atoms with E-state index in [9.17, 15) is 25.5 Å². The zero-order valence-electron chi connectivity index (χ0n) is 62.6. The molecule has 10 aliphatic carbocycles. The van der Waals surface area contributed by atoms with Crippen molar-refractivity contribution in [2.45, 2.75) is 238 Å². The molecule has 0 bridgehead atoms. The summed E-state index contributed by atoms with van der Waals surface area (Å²) in [5, 5.41) is 49.9. The van der Waals surface area contributed by atoms with Crippen molar-refractivity contribution in [1.29, 1.82) is 0 Å². The van der Waals surface area contributed by atoms with Crippen LogP contribution in [0.1, 0.15) is 229 Å². The molecule has 582 valence electrons. The number of phenolic OH excluding ortho intramolecular Hbond substituents is 5. The molecule has 10 fully saturated rings. The SMILES string of the molecule is Cc1cccc(C=NC2CCC3CC3C2)c1O.Cc1cccc(C=NC2CCC3CCC3C2)c1O.Cc1cccc(C=NC2CCCC3CCC32)c1O.Cc1cccc(C=NC2CCCC3CCCC32)c1O.Cc1cccc(C=NC2CCCC3CCCCC32)c1O.[Cl][Zr][Cl].[Cl][Zr][Cl].[Cl][Zr][Cl].[Cl][Zr][Cl].[Cl][Zr][Cl]. The Kier molecular flexibility index (Phi) is 49.4. The van der Waals surface area contributed by atoms with Crippen LogP contribution in [0, 0.1) is 93.8 Å².